The Bertz CT molecular complexity index is 374. The summed E-state index contributed by atoms with van der Waals surface area (Å²) in [5.74, 6) is 0.0863. The number of halogens is 2. The second-order valence-corrected chi connectivity index (χ2v) is 4.44. The number of allylic oxidation sites excluding steroid dienone is 1. The molecule has 15 heavy (non-hydrogen) atoms. The standard InChI is InChI=1S/C12H12BrClO/c1-2-3-4-8-11(15)9-6-5-7-10(13)12(9)14/h2,5-7H,1,3-4,8H2. The highest BCUT2D eigenvalue weighted by molar-refractivity contribution is 9.10. The van der Waals surface area contributed by atoms with Crippen LogP contribution in [0.4, 0.5) is 0 Å². The van der Waals surface area contributed by atoms with Crippen molar-refractivity contribution < 1.29 is 4.79 Å². The fraction of sp³-hybridized carbons (Fsp3) is 0.250. The summed E-state index contributed by atoms with van der Waals surface area (Å²) in [4.78, 5) is 11.8. The van der Waals surface area contributed by atoms with Gasteiger partial charge in [0.2, 0.25) is 0 Å². The van der Waals surface area contributed by atoms with Crippen LogP contribution in [0.25, 0.3) is 0 Å². The Morgan fingerprint density at radius 3 is 2.93 bits per heavy atom. The van der Waals surface area contributed by atoms with E-state index in [4.69, 9.17) is 11.6 Å². The molecule has 0 fully saturated rings. The summed E-state index contributed by atoms with van der Waals surface area (Å²) in [5.41, 5.74) is 0.593. The summed E-state index contributed by atoms with van der Waals surface area (Å²) < 4.78 is 0.763. The van der Waals surface area contributed by atoms with Crippen LogP contribution in [0.2, 0.25) is 5.02 Å². The molecule has 0 saturated carbocycles. The van der Waals surface area contributed by atoms with Gasteiger partial charge in [-0.1, -0.05) is 23.7 Å². The molecule has 1 aromatic carbocycles. The summed E-state index contributed by atoms with van der Waals surface area (Å²) in [5, 5.41) is 0.501. The van der Waals surface area contributed by atoms with E-state index in [2.05, 4.69) is 22.5 Å². The van der Waals surface area contributed by atoms with Gasteiger partial charge in [0.25, 0.3) is 0 Å². The van der Waals surface area contributed by atoms with Gasteiger partial charge in [0.15, 0.2) is 5.78 Å². The van der Waals surface area contributed by atoms with Crippen molar-refractivity contribution in [3.63, 3.8) is 0 Å². The number of rotatable bonds is 5. The molecular weight excluding hydrogens is 275 g/mol. The van der Waals surface area contributed by atoms with Gasteiger partial charge in [0.1, 0.15) is 0 Å². The predicted octanol–water partition coefficient (Wildman–Crippen LogP) is 4.64. The second kappa shape index (κ2) is 6.09. The van der Waals surface area contributed by atoms with Gasteiger partial charge in [0.05, 0.1) is 5.02 Å². The Balaban J connectivity index is 2.73. The highest BCUT2D eigenvalue weighted by Gasteiger charge is 2.11. The maximum Gasteiger partial charge on any atom is 0.164 e. The fourth-order valence-electron chi connectivity index (χ4n) is 1.26. The van der Waals surface area contributed by atoms with E-state index in [0.717, 1.165) is 17.3 Å². The van der Waals surface area contributed by atoms with E-state index in [0.29, 0.717) is 17.0 Å². The molecule has 0 aromatic heterocycles. The topological polar surface area (TPSA) is 17.1 Å². The lowest BCUT2D eigenvalue weighted by Gasteiger charge is -2.04. The van der Waals surface area contributed by atoms with Crippen LogP contribution in [0.3, 0.4) is 0 Å². The van der Waals surface area contributed by atoms with Crippen molar-refractivity contribution in [1.82, 2.24) is 0 Å². The molecule has 0 N–H and O–H groups in total. The second-order valence-electron chi connectivity index (χ2n) is 3.21. The van der Waals surface area contributed by atoms with E-state index in [-0.39, 0.29) is 5.78 Å². The van der Waals surface area contributed by atoms with E-state index in [1.165, 1.54) is 0 Å². The van der Waals surface area contributed by atoms with Crippen LogP contribution in [0.5, 0.6) is 0 Å². The predicted molar refractivity (Wildman–Crippen MR) is 67.5 cm³/mol. The van der Waals surface area contributed by atoms with Crippen molar-refractivity contribution >= 4 is 33.3 Å². The first-order chi connectivity index (χ1) is 7.16. The minimum atomic E-state index is 0.0863. The van der Waals surface area contributed by atoms with E-state index in [1.807, 2.05) is 18.2 Å². The van der Waals surface area contributed by atoms with Gasteiger partial charge in [-0.2, -0.15) is 0 Å². The summed E-state index contributed by atoms with van der Waals surface area (Å²) in [6.45, 7) is 3.62. The maximum absolute atomic E-state index is 11.8. The summed E-state index contributed by atoms with van der Waals surface area (Å²) in [6.07, 6.45) is 4.01. The number of carbonyl (C=O) groups excluding carboxylic acids is 1. The minimum Gasteiger partial charge on any atom is -0.294 e. The molecule has 3 heteroatoms. The third-order valence-corrected chi connectivity index (χ3v) is 3.36. The molecule has 1 nitrogen and oxygen atoms in total. The lowest BCUT2D eigenvalue weighted by molar-refractivity contribution is 0.0980. The summed E-state index contributed by atoms with van der Waals surface area (Å²) in [7, 11) is 0. The summed E-state index contributed by atoms with van der Waals surface area (Å²) in [6, 6.07) is 5.39. The van der Waals surface area contributed by atoms with Crippen LogP contribution in [-0.4, -0.2) is 5.78 Å². The Morgan fingerprint density at radius 2 is 2.27 bits per heavy atom. The molecule has 1 rings (SSSR count). The van der Waals surface area contributed by atoms with Crippen LogP contribution < -0.4 is 0 Å². The Hall–Kier alpha value is -0.600. The maximum atomic E-state index is 11.8. The van der Waals surface area contributed by atoms with Crippen molar-refractivity contribution in [1.29, 1.82) is 0 Å². The zero-order valence-electron chi connectivity index (χ0n) is 8.30. The highest BCUT2D eigenvalue weighted by atomic mass is 79.9. The molecule has 0 aliphatic carbocycles. The molecule has 0 aliphatic heterocycles. The van der Waals surface area contributed by atoms with E-state index in [9.17, 15) is 4.79 Å². The van der Waals surface area contributed by atoms with E-state index in [1.54, 1.807) is 6.07 Å². The first kappa shape index (κ1) is 12.5. The van der Waals surface area contributed by atoms with Gasteiger partial charge in [0, 0.05) is 16.5 Å². The number of hydrogen-bond donors (Lipinski definition) is 0. The van der Waals surface area contributed by atoms with E-state index >= 15 is 0 Å². The number of unbranched alkanes of at least 4 members (excludes halogenated alkanes) is 1. The van der Waals surface area contributed by atoms with Gasteiger partial charge in [-0.05, 0) is 40.9 Å². The van der Waals surface area contributed by atoms with Crippen molar-refractivity contribution in [2.45, 2.75) is 19.3 Å². The number of hydrogen-bond acceptors (Lipinski definition) is 1. The van der Waals surface area contributed by atoms with Crippen molar-refractivity contribution in [3.8, 4) is 0 Å². The van der Waals surface area contributed by atoms with Gasteiger partial charge in [-0.25, -0.2) is 0 Å². The Kier molecular flexibility index (Phi) is 5.06. The molecule has 0 spiro atoms. The number of benzene rings is 1. The molecule has 0 bridgehead atoms. The smallest absolute Gasteiger partial charge is 0.164 e. The SMILES string of the molecule is C=CCCCC(=O)c1cccc(Br)c1Cl. The molecule has 1 aromatic rings. The number of ketones is 1. The van der Waals surface area contributed by atoms with Gasteiger partial charge in [-0.15, -0.1) is 6.58 Å². The van der Waals surface area contributed by atoms with Crippen LogP contribution in [0.1, 0.15) is 29.6 Å². The monoisotopic (exact) mass is 286 g/mol. The first-order valence-electron chi connectivity index (χ1n) is 4.75. The molecule has 0 saturated heterocycles. The third kappa shape index (κ3) is 3.47. The molecule has 0 atom stereocenters. The molecule has 0 heterocycles. The lowest BCUT2D eigenvalue weighted by Crippen LogP contribution is -1.99. The molecular formula is C12H12BrClO. The first-order valence-corrected chi connectivity index (χ1v) is 5.92. The van der Waals surface area contributed by atoms with Gasteiger partial charge < -0.3 is 0 Å². The molecule has 0 radical (unpaired) electrons. The minimum absolute atomic E-state index is 0.0863. The van der Waals surface area contributed by atoms with Gasteiger partial charge >= 0.3 is 0 Å². The third-order valence-electron chi connectivity index (χ3n) is 2.06. The summed E-state index contributed by atoms with van der Waals surface area (Å²) >= 11 is 9.31. The Morgan fingerprint density at radius 1 is 1.53 bits per heavy atom. The zero-order chi connectivity index (χ0) is 11.3. The van der Waals surface area contributed by atoms with Crippen LogP contribution >= 0.6 is 27.5 Å². The highest BCUT2D eigenvalue weighted by Crippen LogP contribution is 2.27. The Labute approximate surface area is 103 Å². The average Bonchev–Trinajstić information content (AvgIpc) is 2.22. The number of carbonyl (C=O) groups is 1. The number of Topliss-reactive ketones (excluding diaryl/α,β-unsaturated/α-hetero) is 1. The van der Waals surface area contributed by atoms with Crippen molar-refractivity contribution in [3.05, 3.63) is 45.9 Å². The quantitative estimate of drug-likeness (QED) is 0.438. The molecule has 0 aliphatic rings. The van der Waals surface area contributed by atoms with Crippen LogP contribution in [0.15, 0.2) is 35.3 Å². The lowest BCUT2D eigenvalue weighted by atomic mass is 10.1. The van der Waals surface area contributed by atoms with Crippen molar-refractivity contribution in [2.75, 3.05) is 0 Å². The normalized spacial score (nSPS) is 10.0. The average molecular weight is 288 g/mol. The van der Waals surface area contributed by atoms with Gasteiger partial charge in [-0.3, -0.25) is 4.79 Å². The molecule has 0 unspecified atom stereocenters. The largest absolute Gasteiger partial charge is 0.294 e. The van der Waals surface area contributed by atoms with Crippen molar-refractivity contribution in [2.24, 2.45) is 0 Å². The zero-order valence-corrected chi connectivity index (χ0v) is 10.6. The fourth-order valence-corrected chi connectivity index (χ4v) is 1.86. The van der Waals surface area contributed by atoms with Crippen LogP contribution in [-0.2, 0) is 0 Å². The van der Waals surface area contributed by atoms with Crippen LogP contribution in [0, 0.1) is 0 Å². The molecule has 80 valence electrons. The van der Waals surface area contributed by atoms with E-state index < -0.39 is 0 Å². The molecule has 0 amide bonds.